The molecule has 12 heteroatoms. The monoisotopic (exact) mass is 1190 g/mol. The van der Waals surface area contributed by atoms with Crippen LogP contribution in [0.2, 0.25) is 0 Å². The molecule has 1 atom stereocenters. The lowest BCUT2D eigenvalue weighted by Crippen LogP contribution is -2.35. The van der Waals surface area contributed by atoms with Crippen LogP contribution in [0.1, 0.15) is 336 Å². The maximum Gasteiger partial charge on any atom is 0.306 e. The van der Waals surface area contributed by atoms with Crippen LogP contribution in [0, 0.1) is 11.8 Å². The third kappa shape index (κ3) is 52.8. The molecule has 0 aliphatic carbocycles. The van der Waals surface area contributed by atoms with Crippen LogP contribution >= 0.6 is 21.6 Å². The van der Waals surface area contributed by atoms with Gasteiger partial charge in [-0.25, -0.2) is 0 Å². The maximum absolute atomic E-state index is 12.7. The highest BCUT2D eigenvalue weighted by molar-refractivity contribution is 8.76. The molecule has 0 bridgehead atoms. The minimum atomic E-state index is -0.0775. The molecule has 0 radical (unpaired) electrons. The Labute approximate surface area is 515 Å². The number of ether oxygens (including phenoxy) is 4. The first-order chi connectivity index (χ1) is 40.1. The van der Waals surface area contributed by atoms with Gasteiger partial charge in [0, 0.05) is 50.3 Å². The molecular formula is C70H134N2O8S2. The van der Waals surface area contributed by atoms with Crippen LogP contribution < -0.4 is 0 Å². The van der Waals surface area contributed by atoms with Gasteiger partial charge >= 0.3 is 23.9 Å². The fourth-order valence-corrected chi connectivity index (χ4v) is 13.4. The molecule has 1 aliphatic rings. The maximum atomic E-state index is 12.7. The summed E-state index contributed by atoms with van der Waals surface area (Å²) >= 11 is 0. The van der Waals surface area contributed by atoms with Crippen LogP contribution in [0.4, 0.5) is 0 Å². The molecular weight excluding hydrogens is 1060 g/mol. The molecule has 1 heterocycles. The van der Waals surface area contributed by atoms with E-state index in [1.807, 2.05) is 21.6 Å². The second-order valence-corrected chi connectivity index (χ2v) is 27.8. The van der Waals surface area contributed by atoms with Gasteiger partial charge in [0.25, 0.3) is 0 Å². The van der Waals surface area contributed by atoms with Gasteiger partial charge in [-0.15, -0.1) is 0 Å². The Morgan fingerprint density at radius 2 is 0.780 bits per heavy atom. The lowest BCUT2D eigenvalue weighted by molar-refractivity contribution is -0.151. The van der Waals surface area contributed by atoms with Gasteiger partial charge in [0.1, 0.15) is 12.2 Å². The Bertz CT molecular complexity index is 1400. The van der Waals surface area contributed by atoms with Crippen molar-refractivity contribution < 1.29 is 38.1 Å². The van der Waals surface area contributed by atoms with Gasteiger partial charge in [0.05, 0.1) is 13.2 Å². The van der Waals surface area contributed by atoms with Crippen molar-refractivity contribution in [2.45, 2.75) is 349 Å². The van der Waals surface area contributed by atoms with Crippen molar-refractivity contribution >= 4 is 45.5 Å². The van der Waals surface area contributed by atoms with E-state index in [4.69, 9.17) is 18.9 Å². The summed E-state index contributed by atoms with van der Waals surface area (Å²) in [6, 6.07) is 0. The molecule has 0 aromatic carbocycles. The molecule has 0 aromatic heterocycles. The number of likely N-dealkylation sites (tertiary alicyclic amines) is 1. The number of hydrogen-bond acceptors (Lipinski definition) is 12. The molecule has 10 nitrogen and oxygen atoms in total. The molecule has 484 valence electrons. The van der Waals surface area contributed by atoms with Crippen LogP contribution in [-0.2, 0) is 38.1 Å². The van der Waals surface area contributed by atoms with Crippen molar-refractivity contribution in [3.63, 3.8) is 0 Å². The number of nitrogens with zero attached hydrogens (tertiary/aromatic N) is 2. The van der Waals surface area contributed by atoms with Crippen LogP contribution in [0.3, 0.4) is 0 Å². The smallest absolute Gasteiger partial charge is 0.306 e. The number of hydrogen-bond donors (Lipinski definition) is 0. The molecule has 0 N–H and O–H groups in total. The van der Waals surface area contributed by atoms with Gasteiger partial charge < -0.3 is 28.7 Å². The SMILES string of the molecule is CCCCCCCCC(CCCCCCCC)OC(=O)CCCCCCCC(=O)OCCC(C)CCN(C)CCSSCCN1CCC(CCOC(=O)CCCCCCCC(=O)OC(CCCCCCCC)CCCCCCCC)CC1. The molecule has 1 saturated heterocycles. The highest BCUT2D eigenvalue weighted by Crippen LogP contribution is 2.25. The zero-order valence-electron chi connectivity index (χ0n) is 54.9. The summed E-state index contributed by atoms with van der Waals surface area (Å²) in [6.07, 6.45) is 51.6. The van der Waals surface area contributed by atoms with Crippen LogP contribution in [-0.4, -0.2) is 110 Å². The summed E-state index contributed by atoms with van der Waals surface area (Å²) in [7, 11) is 6.20. The van der Waals surface area contributed by atoms with Crippen LogP contribution in [0.15, 0.2) is 0 Å². The quantitative estimate of drug-likeness (QED) is 0.0250. The molecule has 82 heavy (non-hydrogen) atoms. The van der Waals surface area contributed by atoms with E-state index in [9.17, 15) is 19.2 Å². The number of unbranched alkanes of at least 4 members (excludes halogenated alkanes) is 28. The Morgan fingerprint density at radius 1 is 0.427 bits per heavy atom. The van der Waals surface area contributed by atoms with E-state index in [-0.39, 0.29) is 36.1 Å². The lowest BCUT2D eigenvalue weighted by atomic mass is 9.94. The predicted molar refractivity (Wildman–Crippen MR) is 353 cm³/mol. The third-order valence-corrected chi connectivity index (χ3v) is 19.5. The number of piperidine rings is 1. The van der Waals surface area contributed by atoms with Gasteiger partial charge in [0.15, 0.2) is 0 Å². The first kappa shape index (κ1) is 78.5. The second kappa shape index (κ2) is 59.8. The minimum Gasteiger partial charge on any atom is -0.466 e. The number of rotatable bonds is 62. The van der Waals surface area contributed by atoms with Gasteiger partial charge in [-0.2, -0.15) is 0 Å². The van der Waals surface area contributed by atoms with Gasteiger partial charge in [-0.1, -0.05) is 223 Å². The highest BCUT2D eigenvalue weighted by atomic mass is 33.1. The summed E-state index contributed by atoms with van der Waals surface area (Å²) in [6.45, 7) is 17.9. The summed E-state index contributed by atoms with van der Waals surface area (Å²) in [5.74, 6) is 3.26. The number of esters is 4. The van der Waals surface area contributed by atoms with Crippen molar-refractivity contribution in [2.75, 3.05) is 64.5 Å². The Balaban J connectivity index is 2.02. The summed E-state index contributed by atoms with van der Waals surface area (Å²) < 4.78 is 23.3. The van der Waals surface area contributed by atoms with E-state index in [2.05, 4.69) is 51.5 Å². The van der Waals surface area contributed by atoms with Gasteiger partial charge in [0.2, 0.25) is 0 Å². The van der Waals surface area contributed by atoms with Crippen LogP contribution in [0.25, 0.3) is 0 Å². The normalized spacial score (nSPS) is 13.6. The highest BCUT2D eigenvalue weighted by Gasteiger charge is 2.20. The molecule has 1 aliphatic heterocycles. The average molecular weight is 1200 g/mol. The standard InChI is InChI=1S/C70H134N2O8S2/c1-7-11-15-19-25-33-41-65(42-34-26-20-16-12-8-2)79-69(75)47-39-31-23-29-37-45-67(73)77-59-52-63(5)49-54-71(6)57-61-81-82-62-58-72-55-50-64(51-56-72)53-60-78-68(74)46-38-30-24-32-40-48-70(76)80-66(43-35-27-21-17-13-9-3)44-36-28-22-18-14-10-4/h63-66H,7-62H2,1-6H3. The van der Waals surface area contributed by atoms with Crippen molar-refractivity contribution in [3.8, 4) is 0 Å². The first-order valence-corrected chi connectivity index (χ1v) is 37.9. The minimum absolute atomic E-state index is 0.0175. The van der Waals surface area contributed by atoms with Crippen molar-refractivity contribution in [3.05, 3.63) is 0 Å². The second-order valence-electron chi connectivity index (χ2n) is 25.1. The van der Waals surface area contributed by atoms with Gasteiger partial charge in [-0.3, -0.25) is 19.2 Å². The molecule has 0 spiro atoms. The third-order valence-electron chi connectivity index (χ3n) is 17.1. The van der Waals surface area contributed by atoms with E-state index in [1.54, 1.807) is 0 Å². The van der Waals surface area contributed by atoms with E-state index in [0.717, 1.165) is 166 Å². The fraction of sp³-hybridized carbons (Fsp3) is 0.943. The summed E-state index contributed by atoms with van der Waals surface area (Å²) in [4.78, 5) is 55.4. The van der Waals surface area contributed by atoms with E-state index in [1.165, 1.54) is 154 Å². The molecule has 0 amide bonds. The van der Waals surface area contributed by atoms with E-state index < -0.39 is 0 Å². The number of carbonyl (C=O) groups is 4. The molecule has 1 rings (SSSR count). The lowest BCUT2D eigenvalue weighted by Gasteiger charge is -2.31. The molecule has 0 saturated carbocycles. The average Bonchev–Trinajstić information content (AvgIpc) is 3.46. The summed E-state index contributed by atoms with van der Waals surface area (Å²) in [5, 5.41) is 0. The fourth-order valence-electron chi connectivity index (χ4n) is 11.3. The van der Waals surface area contributed by atoms with E-state index in [0.29, 0.717) is 50.7 Å². The van der Waals surface area contributed by atoms with Crippen molar-refractivity contribution in [1.29, 1.82) is 0 Å². The van der Waals surface area contributed by atoms with Crippen molar-refractivity contribution in [2.24, 2.45) is 11.8 Å². The topological polar surface area (TPSA) is 112 Å². The van der Waals surface area contributed by atoms with E-state index >= 15 is 0 Å². The Kier molecular flexibility index (Phi) is 57.3. The molecule has 1 unspecified atom stereocenters. The number of carbonyl (C=O) groups excluding carboxylic acids is 4. The summed E-state index contributed by atoms with van der Waals surface area (Å²) in [5.41, 5.74) is 0. The Morgan fingerprint density at radius 3 is 1.20 bits per heavy atom. The zero-order chi connectivity index (χ0) is 59.6. The largest absolute Gasteiger partial charge is 0.466 e. The first-order valence-electron chi connectivity index (χ1n) is 35.4. The van der Waals surface area contributed by atoms with Crippen molar-refractivity contribution in [1.82, 2.24) is 9.80 Å². The Hall–Kier alpha value is -1.50. The zero-order valence-corrected chi connectivity index (χ0v) is 56.5. The predicted octanol–water partition coefficient (Wildman–Crippen LogP) is 20.2. The molecule has 1 fully saturated rings. The van der Waals surface area contributed by atoms with Gasteiger partial charge in [-0.05, 0) is 148 Å². The van der Waals surface area contributed by atoms with Crippen LogP contribution in [0.5, 0.6) is 0 Å². The molecule has 0 aromatic rings.